The number of aliphatic imine (C=N–C) groups is 1. The van der Waals surface area contributed by atoms with Crippen LogP contribution in [-0.2, 0) is 0 Å². The van der Waals surface area contributed by atoms with Gasteiger partial charge in [0.05, 0.1) is 20.8 Å². The number of nitrogens with zero attached hydrogens (tertiary/aromatic N) is 1. The van der Waals surface area contributed by atoms with Crippen molar-refractivity contribution in [3.8, 4) is 23.0 Å². The van der Waals surface area contributed by atoms with Gasteiger partial charge in [-0.3, -0.25) is 10.3 Å². The first kappa shape index (κ1) is 21.7. The van der Waals surface area contributed by atoms with Gasteiger partial charge in [-0.25, -0.2) is 0 Å². The standard InChI is InChI=1S/C26H28N2O4/c1-4-32-24-10-6-9-21(25(24)29)23-16-22(17-11-13-19(30-2)14-12-17)27-26(28-23)18-7-5-8-20(15-18)31-3/h5-15,23,26,28-29H,4,16H2,1-3H3/t23-,26-/m1/s1. The number of nitrogens with one attached hydrogen (secondary N) is 1. The van der Waals surface area contributed by atoms with Crippen LogP contribution in [0.4, 0.5) is 0 Å². The zero-order valence-electron chi connectivity index (χ0n) is 18.5. The van der Waals surface area contributed by atoms with Crippen LogP contribution < -0.4 is 19.5 Å². The van der Waals surface area contributed by atoms with Crippen LogP contribution in [-0.4, -0.2) is 31.6 Å². The quantitative estimate of drug-likeness (QED) is 0.548. The van der Waals surface area contributed by atoms with Gasteiger partial charge in [0.2, 0.25) is 0 Å². The van der Waals surface area contributed by atoms with Crippen LogP contribution >= 0.6 is 0 Å². The summed E-state index contributed by atoms with van der Waals surface area (Å²) in [5.41, 5.74) is 3.74. The summed E-state index contributed by atoms with van der Waals surface area (Å²) < 4.78 is 16.3. The van der Waals surface area contributed by atoms with Crippen LogP contribution in [0.15, 0.2) is 71.7 Å². The van der Waals surface area contributed by atoms with Crippen LogP contribution in [0.3, 0.4) is 0 Å². The number of ether oxygens (including phenoxy) is 3. The van der Waals surface area contributed by atoms with Gasteiger partial charge < -0.3 is 19.3 Å². The van der Waals surface area contributed by atoms with Gasteiger partial charge in [-0.05, 0) is 60.5 Å². The third-order valence-electron chi connectivity index (χ3n) is 5.58. The average molecular weight is 433 g/mol. The molecule has 3 aromatic carbocycles. The SMILES string of the molecule is CCOc1cccc([C@H]2CC(c3ccc(OC)cc3)=N[C@@H](c3cccc(OC)c3)N2)c1O. The predicted molar refractivity (Wildman–Crippen MR) is 125 cm³/mol. The normalized spacial score (nSPS) is 18.0. The van der Waals surface area contributed by atoms with E-state index in [1.54, 1.807) is 20.3 Å². The largest absolute Gasteiger partial charge is 0.504 e. The molecule has 0 aromatic heterocycles. The predicted octanol–water partition coefficient (Wildman–Crippen LogP) is 5.03. The maximum Gasteiger partial charge on any atom is 0.162 e. The Balaban J connectivity index is 1.75. The fraction of sp³-hybridized carbons (Fsp3) is 0.269. The highest BCUT2D eigenvalue weighted by atomic mass is 16.5. The summed E-state index contributed by atoms with van der Waals surface area (Å²) in [6.45, 7) is 2.39. The molecule has 0 radical (unpaired) electrons. The van der Waals surface area contributed by atoms with Crippen molar-refractivity contribution in [2.75, 3.05) is 20.8 Å². The Bertz CT molecular complexity index is 1100. The molecule has 0 saturated carbocycles. The van der Waals surface area contributed by atoms with Crippen molar-refractivity contribution < 1.29 is 19.3 Å². The van der Waals surface area contributed by atoms with Crippen LogP contribution in [0, 0.1) is 0 Å². The number of rotatable bonds is 7. The Morgan fingerprint density at radius 2 is 1.72 bits per heavy atom. The molecule has 3 aromatic rings. The van der Waals surface area contributed by atoms with Gasteiger partial charge in [0.1, 0.15) is 17.7 Å². The van der Waals surface area contributed by atoms with E-state index in [1.165, 1.54) is 0 Å². The first-order valence-electron chi connectivity index (χ1n) is 10.7. The van der Waals surface area contributed by atoms with Crippen molar-refractivity contribution >= 4 is 5.71 Å². The Hall–Kier alpha value is -3.51. The van der Waals surface area contributed by atoms with Crippen LogP contribution in [0.5, 0.6) is 23.0 Å². The fourth-order valence-corrected chi connectivity index (χ4v) is 3.94. The fourth-order valence-electron chi connectivity index (χ4n) is 3.94. The summed E-state index contributed by atoms with van der Waals surface area (Å²) in [6.07, 6.45) is 0.326. The van der Waals surface area contributed by atoms with Gasteiger partial charge in [0.25, 0.3) is 0 Å². The second kappa shape index (κ2) is 9.75. The van der Waals surface area contributed by atoms with E-state index in [0.717, 1.165) is 33.9 Å². The molecule has 166 valence electrons. The van der Waals surface area contributed by atoms with E-state index in [1.807, 2.05) is 67.6 Å². The summed E-state index contributed by atoms with van der Waals surface area (Å²) in [6, 6.07) is 21.2. The molecular formula is C26H28N2O4. The Labute approximate surface area is 188 Å². The van der Waals surface area contributed by atoms with E-state index < -0.39 is 0 Å². The Morgan fingerprint density at radius 1 is 0.969 bits per heavy atom. The van der Waals surface area contributed by atoms with E-state index in [4.69, 9.17) is 19.2 Å². The number of benzene rings is 3. The molecule has 6 nitrogen and oxygen atoms in total. The lowest BCUT2D eigenvalue weighted by molar-refractivity contribution is 0.313. The Kier molecular flexibility index (Phi) is 6.61. The first-order valence-corrected chi connectivity index (χ1v) is 10.7. The molecule has 6 heteroatoms. The van der Waals surface area contributed by atoms with Crippen LogP contribution in [0.2, 0.25) is 0 Å². The number of para-hydroxylation sites is 1. The smallest absolute Gasteiger partial charge is 0.162 e. The lowest BCUT2D eigenvalue weighted by Crippen LogP contribution is -2.33. The van der Waals surface area contributed by atoms with Crippen molar-refractivity contribution in [2.24, 2.45) is 4.99 Å². The maximum atomic E-state index is 10.9. The minimum atomic E-state index is -0.295. The second-order valence-corrected chi connectivity index (χ2v) is 7.53. The zero-order chi connectivity index (χ0) is 22.5. The molecule has 0 aliphatic carbocycles. The zero-order valence-corrected chi connectivity index (χ0v) is 18.5. The van der Waals surface area contributed by atoms with Gasteiger partial charge in [0, 0.05) is 23.7 Å². The summed E-state index contributed by atoms with van der Waals surface area (Å²) in [4.78, 5) is 5.01. The maximum absolute atomic E-state index is 10.9. The molecule has 1 aliphatic heterocycles. The molecule has 32 heavy (non-hydrogen) atoms. The average Bonchev–Trinajstić information content (AvgIpc) is 2.85. The van der Waals surface area contributed by atoms with E-state index in [9.17, 15) is 5.11 Å². The van der Waals surface area contributed by atoms with Crippen LogP contribution in [0.1, 0.15) is 42.2 Å². The lowest BCUT2D eigenvalue weighted by Gasteiger charge is -2.31. The van der Waals surface area contributed by atoms with Gasteiger partial charge in [-0.1, -0.05) is 24.3 Å². The second-order valence-electron chi connectivity index (χ2n) is 7.53. The molecule has 2 N–H and O–H groups in total. The van der Waals surface area contributed by atoms with Gasteiger partial charge in [-0.2, -0.15) is 0 Å². The number of hydrogen-bond acceptors (Lipinski definition) is 6. The molecule has 4 rings (SSSR count). The molecular weight excluding hydrogens is 404 g/mol. The summed E-state index contributed by atoms with van der Waals surface area (Å²) in [5, 5.41) is 14.5. The van der Waals surface area contributed by atoms with Crippen molar-refractivity contribution in [1.29, 1.82) is 0 Å². The molecule has 1 aliphatic rings. The van der Waals surface area contributed by atoms with E-state index in [0.29, 0.717) is 18.8 Å². The molecule has 0 amide bonds. The highest BCUT2D eigenvalue weighted by molar-refractivity contribution is 6.01. The lowest BCUT2D eigenvalue weighted by atomic mass is 9.93. The molecule has 0 fully saturated rings. The highest BCUT2D eigenvalue weighted by Crippen LogP contribution is 2.39. The minimum absolute atomic E-state index is 0.152. The van der Waals surface area contributed by atoms with Gasteiger partial charge in [0.15, 0.2) is 11.5 Å². The van der Waals surface area contributed by atoms with E-state index >= 15 is 0 Å². The number of methoxy groups -OCH3 is 2. The topological polar surface area (TPSA) is 72.3 Å². The highest BCUT2D eigenvalue weighted by Gasteiger charge is 2.28. The van der Waals surface area contributed by atoms with Crippen molar-refractivity contribution in [1.82, 2.24) is 5.32 Å². The monoisotopic (exact) mass is 432 g/mol. The van der Waals surface area contributed by atoms with Crippen molar-refractivity contribution in [3.63, 3.8) is 0 Å². The number of phenols is 1. The van der Waals surface area contributed by atoms with E-state index in [2.05, 4.69) is 5.32 Å². The number of aromatic hydroxyl groups is 1. The molecule has 0 spiro atoms. The molecule has 0 saturated heterocycles. The third kappa shape index (κ3) is 4.55. The summed E-state index contributed by atoms with van der Waals surface area (Å²) in [7, 11) is 3.31. The molecule has 0 bridgehead atoms. The molecule has 2 atom stereocenters. The van der Waals surface area contributed by atoms with Crippen molar-refractivity contribution in [2.45, 2.75) is 25.6 Å². The Morgan fingerprint density at radius 3 is 2.44 bits per heavy atom. The van der Waals surface area contributed by atoms with Gasteiger partial charge in [-0.15, -0.1) is 0 Å². The minimum Gasteiger partial charge on any atom is -0.504 e. The number of hydrogen-bond donors (Lipinski definition) is 2. The number of phenolic OH excluding ortho intramolecular Hbond substituents is 1. The first-order chi connectivity index (χ1) is 15.6. The van der Waals surface area contributed by atoms with Crippen molar-refractivity contribution in [3.05, 3.63) is 83.4 Å². The molecule has 1 heterocycles. The van der Waals surface area contributed by atoms with Crippen LogP contribution in [0.25, 0.3) is 0 Å². The van der Waals surface area contributed by atoms with E-state index in [-0.39, 0.29) is 18.0 Å². The summed E-state index contributed by atoms with van der Waals surface area (Å²) >= 11 is 0. The summed E-state index contributed by atoms with van der Waals surface area (Å²) in [5.74, 6) is 2.21. The molecule has 0 unspecified atom stereocenters. The third-order valence-corrected chi connectivity index (χ3v) is 5.58. The van der Waals surface area contributed by atoms with Gasteiger partial charge >= 0.3 is 0 Å².